The normalized spacial score (nSPS) is 14.0. The first-order valence-corrected chi connectivity index (χ1v) is 6.66. The quantitative estimate of drug-likeness (QED) is 0.843. The number of ether oxygens (including phenoxy) is 1. The van der Waals surface area contributed by atoms with E-state index in [1.165, 1.54) is 0 Å². The highest BCUT2D eigenvalue weighted by atomic mass is 35.5. The lowest BCUT2D eigenvalue weighted by Crippen LogP contribution is -2.43. The van der Waals surface area contributed by atoms with Gasteiger partial charge in [0.1, 0.15) is 5.75 Å². The van der Waals surface area contributed by atoms with Crippen molar-refractivity contribution in [2.75, 3.05) is 6.54 Å². The minimum absolute atomic E-state index is 0.00739. The fourth-order valence-corrected chi connectivity index (χ4v) is 1.71. The molecular formula is C14H20ClNO3. The molecule has 1 rings (SSSR count). The molecule has 0 aliphatic rings. The Hall–Kier alpha value is -1.26. The average Bonchev–Trinajstić information content (AvgIpc) is 2.32. The summed E-state index contributed by atoms with van der Waals surface area (Å²) in [6.45, 7) is 5.62. The topological polar surface area (TPSA) is 58.6 Å². The van der Waals surface area contributed by atoms with E-state index in [1.807, 2.05) is 13.8 Å². The lowest BCUT2D eigenvalue weighted by Gasteiger charge is -2.22. The maximum absolute atomic E-state index is 12.0. The van der Waals surface area contributed by atoms with Gasteiger partial charge in [-0.2, -0.15) is 0 Å². The van der Waals surface area contributed by atoms with Crippen molar-refractivity contribution in [2.45, 2.75) is 33.0 Å². The van der Waals surface area contributed by atoms with Gasteiger partial charge in [0.15, 0.2) is 6.10 Å². The molecule has 0 aliphatic carbocycles. The summed E-state index contributed by atoms with van der Waals surface area (Å²) >= 11 is 5.88. The molecule has 0 saturated heterocycles. The summed E-state index contributed by atoms with van der Waals surface area (Å²) in [5.41, 5.74) is 0. The van der Waals surface area contributed by atoms with Crippen molar-refractivity contribution in [2.24, 2.45) is 5.92 Å². The van der Waals surface area contributed by atoms with Crippen molar-refractivity contribution in [3.63, 3.8) is 0 Å². The number of halogens is 1. The van der Waals surface area contributed by atoms with E-state index < -0.39 is 12.2 Å². The van der Waals surface area contributed by atoms with Crippen LogP contribution in [-0.4, -0.2) is 29.8 Å². The van der Waals surface area contributed by atoms with Crippen molar-refractivity contribution in [1.82, 2.24) is 5.32 Å². The Bertz CT molecular complexity index is 421. The number of benzene rings is 1. The molecule has 2 unspecified atom stereocenters. The van der Waals surface area contributed by atoms with Gasteiger partial charge in [-0.1, -0.05) is 31.5 Å². The van der Waals surface area contributed by atoms with E-state index in [0.29, 0.717) is 10.8 Å². The van der Waals surface area contributed by atoms with E-state index in [2.05, 4.69) is 5.32 Å². The smallest absolute Gasteiger partial charge is 0.261 e. The summed E-state index contributed by atoms with van der Waals surface area (Å²) in [4.78, 5) is 12.0. The van der Waals surface area contributed by atoms with Gasteiger partial charge >= 0.3 is 0 Å². The third-order valence-electron chi connectivity index (χ3n) is 2.49. The maximum Gasteiger partial charge on any atom is 0.261 e. The van der Waals surface area contributed by atoms with Crippen LogP contribution in [0.25, 0.3) is 0 Å². The van der Waals surface area contributed by atoms with Gasteiger partial charge in [0.2, 0.25) is 0 Å². The monoisotopic (exact) mass is 285 g/mol. The Morgan fingerprint density at radius 3 is 2.63 bits per heavy atom. The molecule has 0 radical (unpaired) electrons. The number of nitrogens with one attached hydrogen (secondary N) is 1. The lowest BCUT2D eigenvalue weighted by molar-refractivity contribution is -0.130. The fourth-order valence-electron chi connectivity index (χ4n) is 1.53. The zero-order valence-corrected chi connectivity index (χ0v) is 12.1. The van der Waals surface area contributed by atoms with Crippen LogP contribution in [0.4, 0.5) is 0 Å². The first kappa shape index (κ1) is 15.8. The average molecular weight is 286 g/mol. The molecule has 1 aromatic rings. The summed E-state index contributed by atoms with van der Waals surface area (Å²) in [5.74, 6) is 0.322. The second kappa shape index (κ2) is 7.36. The standard InChI is InChI=1S/C14H20ClNO3/c1-9(2)13(14(18)16-8-10(3)17)19-12-6-4-5-11(15)7-12/h4-7,9-10,13,17H,8H2,1-3H3,(H,16,18). The predicted molar refractivity (Wildman–Crippen MR) is 75.4 cm³/mol. The molecule has 1 aromatic carbocycles. The first-order valence-electron chi connectivity index (χ1n) is 6.28. The minimum Gasteiger partial charge on any atom is -0.480 e. The number of amides is 1. The van der Waals surface area contributed by atoms with Crippen LogP contribution in [0.3, 0.4) is 0 Å². The van der Waals surface area contributed by atoms with Crippen molar-refractivity contribution < 1.29 is 14.6 Å². The highest BCUT2D eigenvalue weighted by Gasteiger charge is 2.24. The van der Waals surface area contributed by atoms with Gasteiger partial charge in [-0.3, -0.25) is 4.79 Å². The number of aliphatic hydroxyl groups excluding tert-OH is 1. The fraction of sp³-hybridized carbons (Fsp3) is 0.500. The molecule has 2 atom stereocenters. The summed E-state index contributed by atoms with van der Waals surface area (Å²) in [5, 5.41) is 12.4. The molecule has 0 heterocycles. The van der Waals surface area contributed by atoms with Gasteiger partial charge in [-0.15, -0.1) is 0 Å². The largest absolute Gasteiger partial charge is 0.480 e. The zero-order valence-electron chi connectivity index (χ0n) is 11.4. The maximum atomic E-state index is 12.0. The molecule has 19 heavy (non-hydrogen) atoms. The highest BCUT2D eigenvalue weighted by molar-refractivity contribution is 6.30. The van der Waals surface area contributed by atoms with Crippen molar-refractivity contribution >= 4 is 17.5 Å². The van der Waals surface area contributed by atoms with Crippen molar-refractivity contribution in [1.29, 1.82) is 0 Å². The van der Waals surface area contributed by atoms with Crippen LogP contribution >= 0.6 is 11.6 Å². The molecular weight excluding hydrogens is 266 g/mol. The van der Waals surface area contributed by atoms with Crippen molar-refractivity contribution in [3.05, 3.63) is 29.3 Å². The number of hydrogen-bond acceptors (Lipinski definition) is 3. The third-order valence-corrected chi connectivity index (χ3v) is 2.73. The van der Waals surface area contributed by atoms with Gasteiger partial charge in [0.05, 0.1) is 6.10 Å². The van der Waals surface area contributed by atoms with E-state index in [9.17, 15) is 9.90 Å². The minimum atomic E-state index is -0.614. The summed E-state index contributed by atoms with van der Waals surface area (Å²) in [6, 6.07) is 6.93. The van der Waals surface area contributed by atoms with Crippen LogP contribution in [0.1, 0.15) is 20.8 Å². The Kier molecular flexibility index (Phi) is 6.12. The molecule has 0 fully saturated rings. The van der Waals surface area contributed by atoms with E-state index >= 15 is 0 Å². The van der Waals surface area contributed by atoms with E-state index in [1.54, 1.807) is 31.2 Å². The van der Waals surface area contributed by atoms with Crippen LogP contribution in [0.5, 0.6) is 5.75 Å². The summed E-state index contributed by atoms with van der Waals surface area (Å²) in [6.07, 6.45) is -1.19. The van der Waals surface area contributed by atoms with Crippen LogP contribution in [0, 0.1) is 5.92 Å². The molecule has 5 heteroatoms. The lowest BCUT2D eigenvalue weighted by atomic mass is 10.1. The third kappa shape index (κ3) is 5.49. The predicted octanol–water partition coefficient (Wildman–Crippen LogP) is 2.24. The van der Waals surface area contributed by atoms with E-state index in [-0.39, 0.29) is 18.4 Å². The van der Waals surface area contributed by atoms with Crippen LogP contribution < -0.4 is 10.1 Å². The molecule has 1 amide bonds. The molecule has 0 aromatic heterocycles. The molecule has 0 spiro atoms. The Morgan fingerprint density at radius 1 is 1.42 bits per heavy atom. The van der Waals surface area contributed by atoms with Crippen molar-refractivity contribution in [3.8, 4) is 5.75 Å². The Balaban J connectivity index is 2.70. The zero-order chi connectivity index (χ0) is 14.4. The highest BCUT2D eigenvalue weighted by Crippen LogP contribution is 2.20. The number of carbonyl (C=O) groups is 1. The number of aliphatic hydroxyl groups is 1. The van der Waals surface area contributed by atoms with E-state index in [0.717, 1.165) is 0 Å². The number of carbonyl (C=O) groups excluding carboxylic acids is 1. The summed E-state index contributed by atoms with van der Waals surface area (Å²) in [7, 11) is 0. The van der Waals surface area contributed by atoms with Gasteiger partial charge in [-0.25, -0.2) is 0 Å². The summed E-state index contributed by atoms with van der Waals surface area (Å²) < 4.78 is 5.67. The van der Waals surface area contributed by atoms with Crippen LogP contribution in [0.15, 0.2) is 24.3 Å². The van der Waals surface area contributed by atoms with Crippen LogP contribution in [-0.2, 0) is 4.79 Å². The Morgan fingerprint density at radius 2 is 2.11 bits per heavy atom. The molecule has 0 saturated carbocycles. The number of rotatable bonds is 6. The van der Waals surface area contributed by atoms with Gasteiger partial charge in [0.25, 0.3) is 5.91 Å². The van der Waals surface area contributed by atoms with Gasteiger partial charge < -0.3 is 15.2 Å². The second-order valence-corrected chi connectivity index (χ2v) is 5.27. The van der Waals surface area contributed by atoms with Gasteiger partial charge in [-0.05, 0) is 31.0 Å². The molecule has 2 N–H and O–H groups in total. The van der Waals surface area contributed by atoms with E-state index in [4.69, 9.17) is 16.3 Å². The second-order valence-electron chi connectivity index (χ2n) is 4.83. The molecule has 4 nitrogen and oxygen atoms in total. The van der Waals surface area contributed by atoms with Crippen LogP contribution in [0.2, 0.25) is 5.02 Å². The molecule has 0 bridgehead atoms. The first-order chi connectivity index (χ1) is 8.90. The molecule has 0 aliphatic heterocycles. The van der Waals surface area contributed by atoms with Gasteiger partial charge in [0, 0.05) is 11.6 Å². The number of hydrogen-bond donors (Lipinski definition) is 2. The molecule has 106 valence electrons. The Labute approximate surface area is 118 Å². The SMILES string of the molecule is CC(O)CNC(=O)C(Oc1cccc(Cl)c1)C(C)C.